The summed E-state index contributed by atoms with van der Waals surface area (Å²) in [6.07, 6.45) is 1.01. The minimum Gasteiger partial charge on any atom is -0.492 e. The number of hydrogen-bond donors (Lipinski definition) is 2. The Labute approximate surface area is 184 Å². The Morgan fingerprint density at radius 2 is 2.03 bits per heavy atom. The van der Waals surface area contributed by atoms with Crippen molar-refractivity contribution < 1.29 is 19.1 Å². The topological polar surface area (TPSA) is 89.6 Å². The number of benzene rings is 2. The van der Waals surface area contributed by atoms with Crippen LogP contribution in [-0.2, 0) is 17.6 Å². The van der Waals surface area contributed by atoms with E-state index >= 15 is 0 Å². The number of hydrogen-bond acceptors (Lipinski definition) is 6. The third-order valence-electron chi connectivity index (χ3n) is 4.72. The predicted molar refractivity (Wildman–Crippen MR) is 120 cm³/mol. The van der Waals surface area contributed by atoms with Crippen molar-refractivity contribution in [1.29, 1.82) is 0 Å². The van der Waals surface area contributed by atoms with Gasteiger partial charge in [-0.15, -0.1) is 11.3 Å². The van der Waals surface area contributed by atoms with E-state index in [0.717, 1.165) is 17.7 Å². The molecule has 31 heavy (non-hydrogen) atoms. The molecule has 3 aromatic rings. The molecule has 0 radical (unpaired) electrons. The Balaban J connectivity index is 1.41. The third-order valence-corrected chi connectivity index (χ3v) is 5.53. The van der Waals surface area contributed by atoms with Crippen LogP contribution in [0, 0.1) is 0 Å². The maximum Gasteiger partial charge on any atom is 0.257 e. The number of ether oxygens (including phenoxy) is 2. The first kappa shape index (κ1) is 20.9. The minimum atomic E-state index is -0.236. The van der Waals surface area contributed by atoms with E-state index in [1.165, 1.54) is 11.3 Å². The van der Waals surface area contributed by atoms with Crippen LogP contribution < -0.4 is 20.1 Å². The van der Waals surface area contributed by atoms with Crippen LogP contribution in [0.3, 0.4) is 0 Å². The summed E-state index contributed by atoms with van der Waals surface area (Å²) in [5, 5.41) is 7.87. The lowest BCUT2D eigenvalue weighted by Crippen LogP contribution is -2.16. The number of nitrogens with one attached hydrogen (secondary N) is 2. The van der Waals surface area contributed by atoms with Crippen molar-refractivity contribution in [2.24, 2.45) is 0 Å². The van der Waals surface area contributed by atoms with Crippen molar-refractivity contribution in [3.63, 3.8) is 0 Å². The number of nitrogens with zero attached hydrogens (tertiary/aromatic N) is 1. The lowest BCUT2D eigenvalue weighted by Gasteiger charge is -2.13. The van der Waals surface area contributed by atoms with Gasteiger partial charge in [-0.3, -0.25) is 14.9 Å². The van der Waals surface area contributed by atoms with E-state index in [0.29, 0.717) is 34.4 Å². The summed E-state index contributed by atoms with van der Waals surface area (Å²) in [5.41, 5.74) is 2.78. The molecule has 0 fully saturated rings. The summed E-state index contributed by atoms with van der Waals surface area (Å²) in [6.45, 7) is 4.40. The van der Waals surface area contributed by atoms with E-state index in [-0.39, 0.29) is 24.3 Å². The smallest absolute Gasteiger partial charge is 0.257 e. The van der Waals surface area contributed by atoms with Gasteiger partial charge in [0.2, 0.25) is 5.91 Å². The van der Waals surface area contributed by atoms with Gasteiger partial charge in [-0.1, -0.05) is 18.2 Å². The monoisotopic (exact) mass is 437 g/mol. The standard InChI is InChI=1S/C23H23N3O4S/c1-3-29-20-10-16-9-14(2)30-19(16)12-18(20)25-21(27)11-17-13-31-23(24-17)26-22(28)15-7-5-4-6-8-15/h4-8,10,12-14H,3,9,11H2,1-2H3,(H,25,27)(H,24,26,28). The second kappa shape index (κ2) is 9.18. The number of aromatic nitrogens is 1. The number of amides is 2. The molecule has 1 aromatic heterocycles. The van der Waals surface area contributed by atoms with Gasteiger partial charge in [-0.05, 0) is 32.0 Å². The maximum absolute atomic E-state index is 12.6. The van der Waals surface area contributed by atoms with Crippen LogP contribution in [0.15, 0.2) is 47.8 Å². The molecule has 1 unspecified atom stereocenters. The van der Waals surface area contributed by atoms with Crippen molar-refractivity contribution in [2.75, 3.05) is 17.2 Å². The van der Waals surface area contributed by atoms with Crippen molar-refractivity contribution in [3.8, 4) is 11.5 Å². The fraction of sp³-hybridized carbons (Fsp3) is 0.261. The number of carbonyl (C=O) groups excluding carboxylic acids is 2. The first-order valence-electron chi connectivity index (χ1n) is 10.1. The van der Waals surface area contributed by atoms with Crippen LogP contribution in [-0.4, -0.2) is 29.5 Å². The Bertz CT molecular complexity index is 1100. The van der Waals surface area contributed by atoms with Gasteiger partial charge in [-0.2, -0.15) is 0 Å². The third kappa shape index (κ3) is 5.03. The molecule has 2 aromatic carbocycles. The Kier molecular flexibility index (Phi) is 6.18. The van der Waals surface area contributed by atoms with Crippen molar-refractivity contribution >= 4 is 34.0 Å². The zero-order valence-electron chi connectivity index (χ0n) is 17.3. The number of anilines is 2. The molecule has 1 aliphatic rings. The molecule has 2 heterocycles. The lowest BCUT2D eigenvalue weighted by atomic mass is 10.1. The van der Waals surface area contributed by atoms with Gasteiger partial charge < -0.3 is 14.8 Å². The molecule has 8 heteroatoms. The molecule has 0 bridgehead atoms. The van der Waals surface area contributed by atoms with Gasteiger partial charge in [-0.25, -0.2) is 4.98 Å². The Morgan fingerprint density at radius 3 is 2.81 bits per heavy atom. The van der Waals surface area contributed by atoms with Crippen LogP contribution in [0.4, 0.5) is 10.8 Å². The van der Waals surface area contributed by atoms with E-state index in [1.807, 2.05) is 32.0 Å². The van der Waals surface area contributed by atoms with Gasteiger partial charge in [0.05, 0.1) is 24.4 Å². The predicted octanol–water partition coefficient (Wildman–Crippen LogP) is 4.30. The molecule has 0 saturated carbocycles. The molecule has 1 atom stereocenters. The summed E-state index contributed by atoms with van der Waals surface area (Å²) in [7, 11) is 0. The number of fused-ring (bicyclic) bond motifs is 1. The summed E-state index contributed by atoms with van der Waals surface area (Å²) >= 11 is 1.28. The average molecular weight is 438 g/mol. The van der Waals surface area contributed by atoms with E-state index in [4.69, 9.17) is 9.47 Å². The highest BCUT2D eigenvalue weighted by atomic mass is 32.1. The molecule has 2 amide bonds. The highest BCUT2D eigenvalue weighted by molar-refractivity contribution is 7.14. The summed E-state index contributed by atoms with van der Waals surface area (Å²) in [5.74, 6) is 0.935. The van der Waals surface area contributed by atoms with E-state index in [2.05, 4.69) is 15.6 Å². The van der Waals surface area contributed by atoms with Crippen LogP contribution in [0.25, 0.3) is 0 Å². The molecular weight excluding hydrogens is 414 g/mol. The van der Waals surface area contributed by atoms with Gasteiger partial charge >= 0.3 is 0 Å². The molecule has 0 saturated heterocycles. The molecule has 160 valence electrons. The van der Waals surface area contributed by atoms with Crippen LogP contribution >= 0.6 is 11.3 Å². The summed E-state index contributed by atoms with van der Waals surface area (Å²) in [4.78, 5) is 29.2. The van der Waals surface area contributed by atoms with Crippen molar-refractivity contribution in [2.45, 2.75) is 32.8 Å². The normalized spacial score (nSPS) is 14.5. The fourth-order valence-electron chi connectivity index (χ4n) is 3.38. The number of thiazole rings is 1. The van der Waals surface area contributed by atoms with Gasteiger partial charge in [0, 0.05) is 29.0 Å². The summed E-state index contributed by atoms with van der Waals surface area (Å²) < 4.78 is 11.5. The number of rotatable bonds is 7. The second-order valence-electron chi connectivity index (χ2n) is 7.21. The largest absolute Gasteiger partial charge is 0.492 e. The molecule has 0 aliphatic carbocycles. The highest BCUT2D eigenvalue weighted by Crippen LogP contribution is 2.38. The van der Waals surface area contributed by atoms with Crippen LogP contribution in [0.5, 0.6) is 11.5 Å². The molecule has 0 spiro atoms. The highest BCUT2D eigenvalue weighted by Gasteiger charge is 2.23. The average Bonchev–Trinajstić information content (AvgIpc) is 3.33. The molecule has 1 aliphatic heterocycles. The van der Waals surface area contributed by atoms with Gasteiger partial charge in [0.25, 0.3) is 5.91 Å². The summed E-state index contributed by atoms with van der Waals surface area (Å²) in [6, 6.07) is 12.7. The van der Waals surface area contributed by atoms with Gasteiger partial charge in [0.15, 0.2) is 5.13 Å². The number of carbonyl (C=O) groups is 2. The van der Waals surface area contributed by atoms with Crippen LogP contribution in [0.2, 0.25) is 0 Å². The van der Waals surface area contributed by atoms with Crippen molar-refractivity contribution in [1.82, 2.24) is 4.98 Å². The maximum atomic E-state index is 12.6. The molecule has 2 N–H and O–H groups in total. The quantitative estimate of drug-likeness (QED) is 0.575. The van der Waals surface area contributed by atoms with E-state index in [1.54, 1.807) is 29.6 Å². The van der Waals surface area contributed by atoms with Crippen molar-refractivity contribution in [3.05, 3.63) is 64.7 Å². The zero-order chi connectivity index (χ0) is 21.8. The first-order valence-corrected chi connectivity index (χ1v) is 11.0. The fourth-order valence-corrected chi connectivity index (χ4v) is 4.08. The minimum absolute atomic E-state index is 0.0810. The zero-order valence-corrected chi connectivity index (χ0v) is 18.1. The Hall–Kier alpha value is -3.39. The van der Waals surface area contributed by atoms with E-state index < -0.39 is 0 Å². The van der Waals surface area contributed by atoms with Crippen LogP contribution in [0.1, 0.15) is 35.5 Å². The second-order valence-corrected chi connectivity index (χ2v) is 8.07. The molecular formula is C23H23N3O4S. The van der Waals surface area contributed by atoms with Gasteiger partial charge in [0.1, 0.15) is 17.6 Å². The molecule has 4 rings (SSSR count). The Morgan fingerprint density at radius 1 is 1.23 bits per heavy atom. The molecule has 7 nitrogen and oxygen atoms in total. The first-order chi connectivity index (χ1) is 15.0. The van der Waals surface area contributed by atoms with E-state index in [9.17, 15) is 9.59 Å². The SMILES string of the molecule is CCOc1cc2c(cc1NC(=O)Cc1csc(NC(=O)c3ccccc3)n1)OC(C)C2. The lowest BCUT2D eigenvalue weighted by molar-refractivity contribution is -0.115.